The second-order valence-electron chi connectivity index (χ2n) is 9.09. The summed E-state index contributed by atoms with van der Waals surface area (Å²) in [6, 6.07) is 17.9. The fourth-order valence-electron chi connectivity index (χ4n) is 4.69. The third-order valence-corrected chi connectivity index (χ3v) is 7.63. The molecular weight excluding hydrogens is 475 g/mol. The lowest BCUT2D eigenvalue weighted by Crippen LogP contribution is -2.41. The Kier molecular flexibility index (Phi) is 6.14. The van der Waals surface area contributed by atoms with Crippen molar-refractivity contribution in [1.29, 1.82) is 0 Å². The maximum atomic E-state index is 13.2. The minimum Gasteiger partial charge on any atom is -0.354 e. The zero-order chi connectivity index (χ0) is 24.5. The Labute approximate surface area is 212 Å². The third kappa shape index (κ3) is 4.70. The normalized spacial score (nSPS) is 17.1. The first-order valence-electron chi connectivity index (χ1n) is 12.1. The van der Waals surface area contributed by atoms with Crippen molar-refractivity contribution in [3.05, 3.63) is 72.7 Å². The Morgan fingerprint density at radius 1 is 0.944 bits per heavy atom. The predicted molar refractivity (Wildman–Crippen MR) is 139 cm³/mol. The third-order valence-electron chi connectivity index (χ3n) is 6.66. The van der Waals surface area contributed by atoms with E-state index in [1.54, 1.807) is 23.9 Å². The molecule has 1 unspecified atom stereocenters. The van der Waals surface area contributed by atoms with Crippen molar-refractivity contribution < 1.29 is 9.18 Å². The van der Waals surface area contributed by atoms with Crippen molar-refractivity contribution in [2.24, 2.45) is 5.92 Å². The number of nitrogens with zero attached hydrogens (tertiary/aromatic N) is 5. The zero-order valence-electron chi connectivity index (χ0n) is 19.6. The summed E-state index contributed by atoms with van der Waals surface area (Å²) in [7, 11) is 0. The molecule has 0 aliphatic carbocycles. The van der Waals surface area contributed by atoms with Gasteiger partial charge in [0.25, 0.3) is 0 Å². The van der Waals surface area contributed by atoms with Crippen LogP contribution < -0.4 is 10.2 Å². The van der Waals surface area contributed by atoms with Gasteiger partial charge in [-0.1, -0.05) is 23.9 Å². The van der Waals surface area contributed by atoms with E-state index in [-0.39, 0.29) is 17.6 Å². The number of thioether (sulfide) groups is 1. The summed E-state index contributed by atoms with van der Waals surface area (Å²) in [6.45, 7) is 2.42. The van der Waals surface area contributed by atoms with Gasteiger partial charge >= 0.3 is 0 Å². The number of benzene rings is 2. The van der Waals surface area contributed by atoms with Gasteiger partial charge in [-0.05, 0) is 61.4 Å². The Morgan fingerprint density at radius 2 is 1.72 bits per heavy atom. The quantitative estimate of drug-likeness (QED) is 0.411. The number of aryl methyl sites for hydroxylation is 1. The number of piperidine rings is 1. The summed E-state index contributed by atoms with van der Waals surface area (Å²) < 4.78 is 15.4. The summed E-state index contributed by atoms with van der Waals surface area (Å²) in [6.07, 6.45) is 3.83. The number of carbonyl (C=O) groups is 1. The summed E-state index contributed by atoms with van der Waals surface area (Å²) in [4.78, 5) is 19.8. The second-order valence-corrected chi connectivity index (χ2v) is 10.1. The minimum atomic E-state index is -0.280. The molecule has 2 aliphatic rings. The van der Waals surface area contributed by atoms with Crippen molar-refractivity contribution >= 4 is 29.2 Å². The van der Waals surface area contributed by atoms with Crippen LogP contribution in [-0.4, -0.2) is 44.5 Å². The minimum absolute atomic E-state index is 0.0145. The van der Waals surface area contributed by atoms with E-state index in [0.717, 1.165) is 65.2 Å². The van der Waals surface area contributed by atoms with Crippen molar-refractivity contribution in [2.45, 2.75) is 24.5 Å². The molecule has 1 fully saturated rings. The standard InChI is InChI=1S/C27H25FN6OS/c28-21-7-3-18(4-8-21)23-11-12-25(32-31-23)33-13-1-2-20(16-33)26(35)29-22-9-5-19(6-10-22)24-17-34-14-15-36-27(34)30-24/h3-12,17,20H,1-2,13-16H2,(H,29,35). The van der Waals surface area contributed by atoms with E-state index < -0.39 is 0 Å². The number of halogens is 1. The fraction of sp³-hybridized carbons (Fsp3) is 0.259. The van der Waals surface area contributed by atoms with Gasteiger partial charge in [-0.2, -0.15) is 0 Å². The van der Waals surface area contributed by atoms with Crippen LogP contribution in [0.3, 0.4) is 0 Å². The molecule has 0 spiro atoms. The summed E-state index contributed by atoms with van der Waals surface area (Å²) in [5, 5.41) is 12.8. The number of rotatable bonds is 5. The molecular formula is C27H25FN6OS. The maximum absolute atomic E-state index is 13.2. The van der Waals surface area contributed by atoms with Gasteiger partial charge in [-0.25, -0.2) is 9.37 Å². The van der Waals surface area contributed by atoms with Gasteiger partial charge in [-0.3, -0.25) is 4.79 Å². The molecule has 0 saturated carbocycles. The monoisotopic (exact) mass is 500 g/mol. The van der Waals surface area contributed by atoms with Crippen molar-refractivity contribution in [2.75, 3.05) is 29.1 Å². The second kappa shape index (κ2) is 9.73. The van der Waals surface area contributed by atoms with E-state index in [1.807, 2.05) is 36.4 Å². The number of carbonyl (C=O) groups excluding carboxylic acids is 1. The van der Waals surface area contributed by atoms with E-state index in [0.29, 0.717) is 12.2 Å². The molecule has 1 atom stereocenters. The van der Waals surface area contributed by atoms with E-state index in [9.17, 15) is 9.18 Å². The van der Waals surface area contributed by atoms with Crippen LogP contribution in [0.5, 0.6) is 0 Å². The molecule has 4 heterocycles. The Morgan fingerprint density at radius 3 is 2.47 bits per heavy atom. The topological polar surface area (TPSA) is 75.9 Å². The van der Waals surface area contributed by atoms with Crippen LogP contribution in [0, 0.1) is 11.7 Å². The maximum Gasteiger partial charge on any atom is 0.229 e. The van der Waals surface area contributed by atoms with Gasteiger partial charge in [0.15, 0.2) is 11.0 Å². The SMILES string of the molecule is O=C(Nc1ccc(-c2cn3c(n2)SCC3)cc1)C1CCCN(c2ccc(-c3ccc(F)cc3)nn2)C1. The Hall–Kier alpha value is -3.72. The van der Waals surface area contributed by atoms with Gasteiger partial charge in [-0.15, -0.1) is 10.2 Å². The van der Waals surface area contributed by atoms with Crippen LogP contribution in [-0.2, 0) is 11.3 Å². The Balaban J connectivity index is 1.08. The number of imidazole rings is 1. The fourth-order valence-corrected chi connectivity index (χ4v) is 5.63. The number of nitrogens with one attached hydrogen (secondary N) is 1. The molecule has 1 N–H and O–H groups in total. The van der Waals surface area contributed by atoms with Crippen molar-refractivity contribution in [3.63, 3.8) is 0 Å². The number of amides is 1. The lowest BCUT2D eigenvalue weighted by atomic mass is 9.97. The highest BCUT2D eigenvalue weighted by Gasteiger charge is 2.27. The van der Waals surface area contributed by atoms with Crippen LogP contribution in [0.15, 0.2) is 72.0 Å². The molecule has 2 aromatic carbocycles. The summed E-state index contributed by atoms with van der Waals surface area (Å²) in [5.41, 5.74) is 4.29. The van der Waals surface area contributed by atoms with Gasteiger partial charge in [0, 0.05) is 48.4 Å². The van der Waals surface area contributed by atoms with Gasteiger partial charge < -0.3 is 14.8 Å². The molecule has 1 amide bonds. The van der Waals surface area contributed by atoms with Crippen molar-refractivity contribution in [1.82, 2.24) is 19.7 Å². The Bertz CT molecular complexity index is 1350. The lowest BCUT2D eigenvalue weighted by molar-refractivity contribution is -0.120. The molecule has 182 valence electrons. The first-order valence-corrected chi connectivity index (χ1v) is 13.1. The van der Waals surface area contributed by atoms with E-state index in [2.05, 4.69) is 31.2 Å². The largest absolute Gasteiger partial charge is 0.354 e. The number of fused-ring (bicyclic) bond motifs is 1. The number of aromatic nitrogens is 4. The average Bonchev–Trinajstić information content (AvgIpc) is 3.53. The molecule has 1 saturated heterocycles. The van der Waals surface area contributed by atoms with Gasteiger partial charge in [0.1, 0.15) is 5.82 Å². The van der Waals surface area contributed by atoms with E-state index in [1.165, 1.54) is 12.1 Å². The lowest BCUT2D eigenvalue weighted by Gasteiger charge is -2.32. The molecule has 7 nitrogen and oxygen atoms in total. The highest BCUT2D eigenvalue weighted by atomic mass is 32.2. The average molecular weight is 501 g/mol. The zero-order valence-corrected chi connectivity index (χ0v) is 20.4. The predicted octanol–water partition coefficient (Wildman–Crippen LogP) is 5.11. The molecule has 2 aromatic heterocycles. The first-order chi connectivity index (χ1) is 17.6. The molecule has 2 aliphatic heterocycles. The number of anilines is 2. The van der Waals surface area contributed by atoms with Crippen LogP contribution in [0.4, 0.5) is 15.9 Å². The molecule has 9 heteroatoms. The van der Waals surface area contributed by atoms with Crippen LogP contribution in [0.1, 0.15) is 12.8 Å². The van der Waals surface area contributed by atoms with E-state index >= 15 is 0 Å². The highest BCUT2D eigenvalue weighted by Crippen LogP contribution is 2.30. The first kappa shape index (κ1) is 22.7. The van der Waals surface area contributed by atoms with E-state index in [4.69, 9.17) is 4.98 Å². The van der Waals surface area contributed by atoms with Gasteiger partial charge in [0.2, 0.25) is 5.91 Å². The van der Waals surface area contributed by atoms with Gasteiger partial charge in [0.05, 0.1) is 17.3 Å². The number of hydrogen-bond acceptors (Lipinski definition) is 6. The number of hydrogen-bond donors (Lipinski definition) is 1. The molecule has 0 bridgehead atoms. The molecule has 6 rings (SSSR count). The van der Waals surface area contributed by atoms with Crippen LogP contribution in [0.25, 0.3) is 22.5 Å². The van der Waals surface area contributed by atoms with Crippen LogP contribution >= 0.6 is 11.8 Å². The molecule has 0 radical (unpaired) electrons. The van der Waals surface area contributed by atoms with Crippen LogP contribution in [0.2, 0.25) is 0 Å². The van der Waals surface area contributed by atoms with Crippen molar-refractivity contribution in [3.8, 4) is 22.5 Å². The summed E-state index contributed by atoms with van der Waals surface area (Å²) in [5.74, 6) is 1.43. The smallest absolute Gasteiger partial charge is 0.229 e. The highest BCUT2D eigenvalue weighted by molar-refractivity contribution is 7.99. The molecule has 4 aromatic rings. The summed E-state index contributed by atoms with van der Waals surface area (Å²) >= 11 is 1.78. The molecule has 36 heavy (non-hydrogen) atoms.